The SMILES string of the molecule is COC(=O)N/N=C\c1c(C)nn(Cc2ccccc2Cl)c1C. The van der Waals surface area contributed by atoms with Crippen LogP contribution in [0, 0.1) is 13.8 Å². The molecule has 6 nitrogen and oxygen atoms in total. The molecule has 1 aromatic heterocycles. The number of carbonyl (C=O) groups is 1. The van der Waals surface area contributed by atoms with Crippen LogP contribution < -0.4 is 5.43 Å². The van der Waals surface area contributed by atoms with E-state index < -0.39 is 6.09 Å². The molecule has 2 aromatic rings. The average Bonchev–Trinajstić information content (AvgIpc) is 2.76. The van der Waals surface area contributed by atoms with Crippen LogP contribution in [-0.4, -0.2) is 29.2 Å². The molecule has 0 radical (unpaired) electrons. The van der Waals surface area contributed by atoms with Crippen LogP contribution >= 0.6 is 11.6 Å². The minimum atomic E-state index is -0.616. The van der Waals surface area contributed by atoms with Gasteiger partial charge in [-0.1, -0.05) is 29.8 Å². The number of benzene rings is 1. The zero-order chi connectivity index (χ0) is 16.1. The molecule has 1 aromatic carbocycles. The number of amides is 1. The van der Waals surface area contributed by atoms with Crippen LogP contribution in [0.1, 0.15) is 22.5 Å². The van der Waals surface area contributed by atoms with Crippen LogP contribution in [0.5, 0.6) is 0 Å². The van der Waals surface area contributed by atoms with E-state index in [2.05, 4.69) is 20.4 Å². The number of hydrogen-bond acceptors (Lipinski definition) is 4. The maximum absolute atomic E-state index is 11.0. The Morgan fingerprint density at radius 3 is 2.86 bits per heavy atom. The second-order valence-electron chi connectivity index (χ2n) is 4.70. The number of aryl methyl sites for hydroxylation is 1. The number of rotatable bonds is 4. The summed E-state index contributed by atoms with van der Waals surface area (Å²) in [4.78, 5) is 11.0. The second-order valence-corrected chi connectivity index (χ2v) is 5.10. The summed E-state index contributed by atoms with van der Waals surface area (Å²) in [6.45, 7) is 4.40. The molecule has 0 saturated carbocycles. The lowest BCUT2D eigenvalue weighted by Gasteiger charge is -2.06. The molecule has 0 aliphatic carbocycles. The van der Waals surface area contributed by atoms with E-state index in [0.29, 0.717) is 11.6 Å². The summed E-state index contributed by atoms with van der Waals surface area (Å²) in [7, 11) is 1.28. The Labute approximate surface area is 133 Å². The molecule has 0 bridgehead atoms. The first-order valence-electron chi connectivity index (χ1n) is 6.67. The summed E-state index contributed by atoms with van der Waals surface area (Å²) >= 11 is 6.18. The van der Waals surface area contributed by atoms with Crippen molar-refractivity contribution < 1.29 is 9.53 Å². The quantitative estimate of drug-likeness (QED) is 0.695. The largest absolute Gasteiger partial charge is 0.452 e. The van der Waals surface area contributed by atoms with E-state index in [-0.39, 0.29) is 0 Å². The van der Waals surface area contributed by atoms with Gasteiger partial charge in [-0.2, -0.15) is 10.2 Å². The van der Waals surface area contributed by atoms with E-state index >= 15 is 0 Å². The first-order chi connectivity index (χ1) is 10.5. The molecule has 0 spiro atoms. The van der Waals surface area contributed by atoms with Crippen molar-refractivity contribution in [2.45, 2.75) is 20.4 Å². The Bertz CT molecular complexity index is 710. The Morgan fingerprint density at radius 2 is 2.18 bits per heavy atom. The van der Waals surface area contributed by atoms with Crippen LogP contribution in [0.3, 0.4) is 0 Å². The van der Waals surface area contributed by atoms with Gasteiger partial charge in [0.2, 0.25) is 0 Å². The number of hydrogen-bond donors (Lipinski definition) is 1. The number of nitrogens with one attached hydrogen (secondary N) is 1. The van der Waals surface area contributed by atoms with Crippen LogP contribution in [0.15, 0.2) is 29.4 Å². The zero-order valence-electron chi connectivity index (χ0n) is 12.6. The molecule has 1 amide bonds. The van der Waals surface area contributed by atoms with Crippen LogP contribution in [-0.2, 0) is 11.3 Å². The van der Waals surface area contributed by atoms with Gasteiger partial charge in [-0.15, -0.1) is 0 Å². The van der Waals surface area contributed by atoms with E-state index in [4.69, 9.17) is 11.6 Å². The number of ether oxygens (including phenoxy) is 1. The monoisotopic (exact) mass is 320 g/mol. The summed E-state index contributed by atoms with van der Waals surface area (Å²) in [5, 5.41) is 9.04. The maximum Gasteiger partial charge on any atom is 0.427 e. The predicted octanol–water partition coefficient (Wildman–Crippen LogP) is 2.89. The standard InChI is InChI=1S/C15H17ClN4O2/c1-10-13(8-17-18-15(21)22-3)11(2)20(19-10)9-12-6-4-5-7-14(12)16/h4-8H,9H2,1-3H3,(H,18,21)/b17-8-. The van der Waals surface area contributed by atoms with Crippen molar-refractivity contribution >= 4 is 23.9 Å². The van der Waals surface area contributed by atoms with Crippen LogP contribution in [0.25, 0.3) is 0 Å². The van der Waals surface area contributed by atoms with Crippen molar-refractivity contribution in [2.75, 3.05) is 7.11 Å². The Hall–Kier alpha value is -2.34. The van der Waals surface area contributed by atoms with Gasteiger partial charge in [-0.05, 0) is 25.5 Å². The molecular formula is C15H17ClN4O2. The molecule has 0 atom stereocenters. The van der Waals surface area contributed by atoms with Gasteiger partial charge in [-0.25, -0.2) is 10.2 Å². The van der Waals surface area contributed by atoms with Gasteiger partial charge in [0.05, 0.1) is 25.6 Å². The lowest BCUT2D eigenvalue weighted by molar-refractivity contribution is 0.171. The highest BCUT2D eigenvalue weighted by molar-refractivity contribution is 6.31. The fraction of sp³-hybridized carbons (Fsp3) is 0.267. The summed E-state index contributed by atoms with van der Waals surface area (Å²) in [6.07, 6.45) is 0.938. The van der Waals surface area contributed by atoms with E-state index in [9.17, 15) is 4.79 Å². The van der Waals surface area contributed by atoms with Crippen molar-refractivity contribution in [2.24, 2.45) is 5.10 Å². The molecule has 0 unspecified atom stereocenters. The first kappa shape index (κ1) is 16.0. The normalized spacial score (nSPS) is 10.9. The molecule has 0 fully saturated rings. The molecule has 0 saturated heterocycles. The first-order valence-corrected chi connectivity index (χ1v) is 7.05. The van der Waals surface area contributed by atoms with E-state index in [0.717, 1.165) is 22.5 Å². The minimum absolute atomic E-state index is 0.574. The average molecular weight is 321 g/mol. The minimum Gasteiger partial charge on any atom is -0.452 e. The van der Waals surface area contributed by atoms with Gasteiger partial charge >= 0.3 is 6.09 Å². The predicted molar refractivity (Wildman–Crippen MR) is 85.4 cm³/mol. The Morgan fingerprint density at radius 1 is 1.45 bits per heavy atom. The van der Waals surface area contributed by atoms with Gasteiger partial charge in [0, 0.05) is 16.3 Å². The highest BCUT2D eigenvalue weighted by Gasteiger charge is 2.11. The second kappa shape index (κ2) is 7.09. The molecule has 7 heteroatoms. The number of hydrazone groups is 1. The fourth-order valence-corrected chi connectivity index (χ4v) is 2.23. The van der Waals surface area contributed by atoms with Gasteiger partial charge in [0.1, 0.15) is 0 Å². The van der Waals surface area contributed by atoms with Crippen molar-refractivity contribution in [1.82, 2.24) is 15.2 Å². The van der Waals surface area contributed by atoms with Gasteiger partial charge in [-0.3, -0.25) is 4.68 Å². The number of methoxy groups -OCH3 is 1. The third kappa shape index (κ3) is 3.65. The van der Waals surface area contributed by atoms with Crippen molar-refractivity contribution in [3.05, 3.63) is 51.8 Å². The lowest BCUT2D eigenvalue weighted by atomic mass is 10.2. The molecule has 22 heavy (non-hydrogen) atoms. The van der Waals surface area contributed by atoms with Crippen LogP contribution in [0.2, 0.25) is 5.02 Å². The Balaban J connectivity index is 2.20. The highest BCUT2D eigenvalue weighted by atomic mass is 35.5. The maximum atomic E-state index is 11.0. The summed E-state index contributed by atoms with van der Waals surface area (Å²) in [5.74, 6) is 0. The lowest BCUT2D eigenvalue weighted by Crippen LogP contribution is -2.16. The topological polar surface area (TPSA) is 68.5 Å². The number of carbonyl (C=O) groups excluding carboxylic acids is 1. The molecule has 2 rings (SSSR count). The van der Waals surface area contributed by atoms with E-state index in [1.165, 1.54) is 7.11 Å². The fourth-order valence-electron chi connectivity index (χ4n) is 2.03. The van der Waals surface area contributed by atoms with Crippen LogP contribution in [0.4, 0.5) is 4.79 Å². The summed E-state index contributed by atoms with van der Waals surface area (Å²) in [5.41, 5.74) is 5.85. The van der Waals surface area contributed by atoms with Crippen molar-refractivity contribution in [3.63, 3.8) is 0 Å². The van der Waals surface area contributed by atoms with E-state index in [1.807, 2.05) is 42.8 Å². The molecule has 116 valence electrons. The zero-order valence-corrected chi connectivity index (χ0v) is 13.4. The molecular weight excluding hydrogens is 304 g/mol. The number of nitrogens with zero attached hydrogens (tertiary/aromatic N) is 3. The van der Waals surface area contributed by atoms with E-state index in [1.54, 1.807) is 6.21 Å². The third-order valence-electron chi connectivity index (χ3n) is 3.25. The molecule has 0 aliphatic heterocycles. The Kier molecular flexibility index (Phi) is 5.16. The summed E-state index contributed by atoms with van der Waals surface area (Å²) in [6, 6.07) is 7.65. The number of halogens is 1. The molecule has 1 heterocycles. The smallest absolute Gasteiger partial charge is 0.427 e. The van der Waals surface area contributed by atoms with Gasteiger partial charge < -0.3 is 4.74 Å². The third-order valence-corrected chi connectivity index (χ3v) is 3.62. The molecule has 0 aliphatic rings. The van der Waals surface area contributed by atoms with Gasteiger partial charge in [0.15, 0.2) is 0 Å². The molecule has 1 N–H and O–H groups in total. The highest BCUT2D eigenvalue weighted by Crippen LogP contribution is 2.18. The van der Waals surface area contributed by atoms with Crippen molar-refractivity contribution in [3.8, 4) is 0 Å². The van der Waals surface area contributed by atoms with Crippen molar-refractivity contribution in [1.29, 1.82) is 0 Å². The number of aromatic nitrogens is 2. The van der Waals surface area contributed by atoms with Gasteiger partial charge in [0.25, 0.3) is 0 Å². The summed E-state index contributed by atoms with van der Waals surface area (Å²) < 4.78 is 6.30.